The Balaban J connectivity index is 0.000000173. The van der Waals surface area contributed by atoms with Crippen LogP contribution in [0.4, 0.5) is 0 Å². The van der Waals surface area contributed by atoms with Crippen LogP contribution in [0.25, 0.3) is 10.8 Å². The second-order valence-electron chi connectivity index (χ2n) is 5.19. The number of hydrogen-bond acceptors (Lipinski definition) is 1. The molecule has 0 aliphatic carbocycles. The molecule has 136 valence electrons. The number of hydrogen-bond donors (Lipinski definition) is 1. The summed E-state index contributed by atoms with van der Waals surface area (Å²) in [5.41, 5.74) is 0. The van der Waals surface area contributed by atoms with Gasteiger partial charge in [-0.15, -0.1) is 29.7 Å². The van der Waals surface area contributed by atoms with Crippen molar-refractivity contribution in [2.45, 2.75) is 0 Å². The maximum atomic E-state index is 10.1. The van der Waals surface area contributed by atoms with Crippen LogP contribution >= 0.6 is 35.1 Å². The second kappa shape index (κ2) is 12.6. The summed E-state index contributed by atoms with van der Waals surface area (Å²) >= 11 is 6.50. The van der Waals surface area contributed by atoms with E-state index in [0.717, 1.165) is 10.6 Å². The molecule has 1 nitrogen and oxygen atoms in total. The zero-order valence-corrected chi connectivity index (χ0v) is 20.3. The minimum absolute atomic E-state index is 0.125. The van der Waals surface area contributed by atoms with Gasteiger partial charge >= 0.3 is 40.7 Å². The number of rotatable bonds is 2. The molecule has 0 spiro atoms. The average molecular weight is 669 g/mol. The monoisotopic (exact) mass is 668 g/mol. The Morgan fingerprint density at radius 2 is 1.15 bits per heavy atom. The van der Waals surface area contributed by atoms with Gasteiger partial charge in [-0.05, 0) is 0 Å². The minimum Gasteiger partial charge on any atom is -0.168 e. The van der Waals surface area contributed by atoms with Gasteiger partial charge in [0, 0.05) is 10.6 Å². The fraction of sp³-hybridized carbons (Fsp3) is 0. The van der Waals surface area contributed by atoms with Crippen LogP contribution in [0, 0.1) is 0 Å². The van der Waals surface area contributed by atoms with E-state index in [9.17, 15) is 4.89 Å². The molecule has 4 rings (SSSR count). The van der Waals surface area contributed by atoms with Gasteiger partial charge in [-0.2, -0.15) is 17.5 Å². The molecule has 0 radical (unpaired) electrons. The third-order valence-corrected chi connectivity index (χ3v) is 5.12. The molecule has 0 unspecified atom stereocenters. The molecule has 0 aliphatic rings. The minimum atomic E-state index is -1.17. The summed E-state index contributed by atoms with van der Waals surface area (Å²) in [4.78, 5) is 10.1. The number of fused-ring (bicyclic) bond motifs is 1. The molecule has 4 aromatic carbocycles. The normalized spacial score (nSPS) is 10.0. The zero-order chi connectivity index (χ0) is 18.6. The fourth-order valence-corrected chi connectivity index (χ4v) is 3.56. The topological polar surface area (TPSA) is 20.2 Å². The average Bonchev–Trinajstić information content (AvgIpc) is 3.19. The summed E-state index contributed by atoms with van der Waals surface area (Å²) in [7, 11) is -1.17. The molecule has 0 saturated heterocycles. The van der Waals surface area contributed by atoms with E-state index in [1.807, 2.05) is 60.7 Å². The fourth-order valence-electron chi connectivity index (χ4n) is 2.36. The first-order chi connectivity index (χ1) is 12.8. The number of benzene rings is 3. The third-order valence-electron chi connectivity index (χ3n) is 3.55. The van der Waals surface area contributed by atoms with E-state index >= 15 is 0 Å². The van der Waals surface area contributed by atoms with Gasteiger partial charge in [0.1, 0.15) is 0 Å². The largest absolute Gasteiger partial charge is 0.168 e. The number of halogens is 2. The van der Waals surface area contributed by atoms with E-state index in [-0.39, 0.29) is 13.7 Å². The first-order valence-electron chi connectivity index (χ1n) is 7.79. The van der Waals surface area contributed by atoms with Crippen LogP contribution in [0.3, 0.4) is 0 Å². The van der Waals surface area contributed by atoms with Crippen LogP contribution in [0.15, 0.2) is 103 Å². The molecule has 26 heavy (non-hydrogen) atoms. The van der Waals surface area contributed by atoms with Gasteiger partial charge in [-0.1, -0.05) is 66.7 Å². The van der Waals surface area contributed by atoms with Gasteiger partial charge in [-0.25, -0.2) is 0 Å². The van der Waals surface area contributed by atoms with Crippen molar-refractivity contribution in [2.75, 3.05) is 0 Å². The smallest absolute Gasteiger partial charge is 0.0809 e. The summed E-state index contributed by atoms with van der Waals surface area (Å²) in [5.74, 6) is 0. The molecule has 0 bridgehead atoms. The van der Waals surface area contributed by atoms with Gasteiger partial charge in [0.2, 0.25) is 0 Å². The van der Waals surface area contributed by atoms with Crippen molar-refractivity contribution in [3.8, 4) is 0 Å². The second-order valence-corrected chi connectivity index (χ2v) is 17.3. The van der Waals surface area contributed by atoms with Crippen LogP contribution in [0.1, 0.15) is 0 Å². The van der Waals surface area contributed by atoms with Crippen LogP contribution in [0.5, 0.6) is 0 Å². The van der Waals surface area contributed by atoms with Crippen molar-refractivity contribution in [1.82, 2.24) is 0 Å². The van der Waals surface area contributed by atoms with Crippen molar-refractivity contribution in [3.05, 3.63) is 103 Å². The maximum absolute atomic E-state index is 10.1. The van der Waals surface area contributed by atoms with Gasteiger partial charge in [0.15, 0.2) is 0 Å². The molecule has 5 heteroatoms. The Hall–Kier alpha value is -0.731. The summed E-state index contributed by atoms with van der Waals surface area (Å²) in [5, 5.41) is 4.65. The molecule has 0 aromatic heterocycles. The van der Waals surface area contributed by atoms with Gasteiger partial charge in [0.25, 0.3) is 0 Å². The standard InChI is InChI=1S/C12H11OP.C9H7.2BrH.Ir/c13-14(11-7-3-1-4-8-11)12-9-5-2-6-10-12;1-2-5-9-7-3-6-8(9)4-1;;;/h1-10,13H;1-7H;2*1H;/q;-1;;;+3/p-2. The van der Waals surface area contributed by atoms with E-state index in [1.165, 1.54) is 10.8 Å². The van der Waals surface area contributed by atoms with E-state index in [4.69, 9.17) is 0 Å². The molecule has 0 fully saturated rings. The van der Waals surface area contributed by atoms with Gasteiger partial charge < -0.3 is 4.89 Å². The van der Waals surface area contributed by atoms with Gasteiger partial charge in [0.05, 0.1) is 8.15 Å². The van der Waals surface area contributed by atoms with E-state index in [1.54, 1.807) is 0 Å². The van der Waals surface area contributed by atoms with Crippen molar-refractivity contribution < 1.29 is 18.6 Å². The molecule has 1 N–H and O–H groups in total. The van der Waals surface area contributed by atoms with E-state index in [0.29, 0.717) is 0 Å². The summed E-state index contributed by atoms with van der Waals surface area (Å²) < 4.78 is 0. The van der Waals surface area contributed by atoms with Crippen LogP contribution in [-0.2, 0) is 13.7 Å². The zero-order valence-electron chi connectivity index (χ0n) is 13.8. The summed E-state index contributed by atoms with van der Waals surface area (Å²) in [6.07, 6.45) is 0. The Bertz CT molecular complexity index is 799. The molecule has 0 aliphatic heterocycles. The molecule has 4 aromatic rings. The van der Waals surface area contributed by atoms with E-state index in [2.05, 4.69) is 69.5 Å². The maximum Gasteiger partial charge on any atom is -0.0809 e. The van der Waals surface area contributed by atoms with Crippen LogP contribution in [-0.4, -0.2) is 4.89 Å². The summed E-state index contributed by atoms with van der Waals surface area (Å²) in [6.45, 7) is 0. The van der Waals surface area contributed by atoms with Crippen LogP contribution < -0.4 is 10.6 Å². The molecule has 0 amide bonds. The van der Waals surface area contributed by atoms with Crippen molar-refractivity contribution in [2.24, 2.45) is 0 Å². The van der Waals surface area contributed by atoms with Crippen molar-refractivity contribution in [3.63, 3.8) is 0 Å². The van der Waals surface area contributed by atoms with E-state index < -0.39 is 8.15 Å². The predicted octanol–water partition coefficient (Wildman–Crippen LogP) is 6.27. The SMILES string of the molecule is OP(c1ccccc1)c1ccccc1.[Br][Ir+][Br].c1ccc2[cH-]ccc2c1. The third kappa shape index (κ3) is 7.12. The molecule has 0 saturated carbocycles. The Morgan fingerprint density at radius 1 is 0.692 bits per heavy atom. The van der Waals surface area contributed by atoms with Crippen LogP contribution in [0.2, 0.25) is 0 Å². The predicted molar refractivity (Wildman–Crippen MR) is 119 cm³/mol. The molecule has 0 atom stereocenters. The molecular formula is C21H18Br2IrOP. The quantitative estimate of drug-likeness (QED) is 0.197. The Morgan fingerprint density at radius 3 is 1.65 bits per heavy atom. The first kappa shape index (κ1) is 21.6. The Labute approximate surface area is 177 Å². The molecule has 0 heterocycles. The molecular weight excluding hydrogens is 651 g/mol. The Kier molecular flexibility index (Phi) is 10.5. The summed E-state index contributed by atoms with van der Waals surface area (Å²) in [6, 6.07) is 34.2. The first-order valence-corrected chi connectivity index (χ1v) is 19.6. The van der Waals surface area contributed by atoms with Crippen molar-refractivity contribution in [1.29, 1.82) is 0 Å². The van der Waals surface area contributed by atoms with Crippen molar-refractivity contribution >= 4 is 56.5 Å². The van der Waals surface area contributed by atoms with Gasteiger partial charge in [-0.3, -0.25) is 0 Å².